The third-order valence-electron chi connectivity index (χ3n) is 9.58. The van der Waals surface area contributed by atoms with Crippen molar-refractivity contribution in [3.05, 3.63) is 53.7 Å². The summed E-state index contributed by atoms with van der Waals surface area (Å²) in [5.41, 5.74) is 2.58. The lowest BCUT2D eigenvalue weighted by Crippen LogP contribution is -2.46. The number of amides is 1. The van der Waals surface area contributed by atoms with Crippen molar-refractivity contribution in [3.8, 4) is 6.07 Å². The van der Waals surface area contributed by atoms with Crippen molar-refractivity contribution < 1.29 is 4.79 Å². The average molecular weight is 454 g/mol. The Morgan fingerprint density at radius 2 is 1.47 bits per heavy atom. The molecular formula is C28H31N5O. The molecule has 2 aromatic rings. The first-order valence-electron chi connectivity index (χ1n) is 12.9. The van der Waals surface area contributed by atoms with Gasteiger partial charge in [-0.3, -0.25) is 4.79 Å². The molecule has 4 aliphatic carbocycles. The highest BCUT2D eigenvalue weighted by molar-refractivity contribution is 5.94. The van der Waals surface area contributed by atoms with Gasteiger partial charge in [0.2, 0.25) is 0 Å². The van der Waals surface area contributed by atoms with Crippen molar-refractivity contribution in [3.63, 3.8) is 0 Å². The monoisotopic (exact) mass is 453 g/mol. The Morgan fingerprint density at radius 1 is 0.824 bits per heavy atom. The van der Waals surface area contributed by atoms with Crippen LogP contribution in [0.25, 0.3) is 0 Å². The summed E-state index contributed by atoms with van der Waals surface area (Å²) in [5, 5.41) is 9.00. The molecule has 1 aromatic heterocycles. The van der Waals surface area contributed by atoms with Crippen molar-refractivity contribution in [2.75, 3.05) is 49.1 Å². The minimum absolute atomic E-state index is 0.173. The summed E-state index contributed by atoms with van der Waals surface area (Å²) in [6.07, 6.45) is 6.08. The molecule has 6 heteroatoms. The van der Waals surface area contributed by atoms with Crippen molar-refractivity contribution in [1.82, 2.24) is 9.88 Å². The molecule has 2 aliphatic heterocycles. The Labute approximate surface area is 201 Å². The number of carbonyl (C=O) groups excluding carboxylic acids is 1. The molecule has 6 nitrogen and oxygen atoms in total. The largest absolute Gasteiger partial charge is 0.368 e. The van der Waals surface area contributed by atoms with Crippen LogP contribution in [0.4, 0.5) is 11.5 Å². The maximum absolute atomic E-state index is 13.3. The molecule has 8 rings (SSSR count). The van der Waals surface area contributed by atoms with Crippen LogP contribution in [0.5, 0.6) is 0 Å². The zero-order valence-corrected chi connectivity index (χ0v) is 19.5. The Kier molecular flexibility index (Phi) is 4.62. The predicted molar refractivity (Wildman–Crippen MR) is 131 cm³/mol. The summed E-state index contributed by atoms with van der Waals surface area (Å²) in [7, 11) is 0. The van der Waals surface area contributed by atoms with E-state index < -0.39 is 0 Å². The lowest BCUT2D eigenvalue weighted by atomic mass is 9.60. The number of nitriles is 1. The molecule has 6 fully saturated rings. The molecule has 2 saturated heterocycles. The van der Waals surface area contributed by atoms with Crippen LogP contribution in [-0.4, -0.2) is 55.1 Å². The molecule has 0 spiro atoms. The van der Waals surface area contributed by atoms with Gasteiger partial charge in [0.15, 0.2) is 0 Å². The van der Waals surface area contributed by atoms with Crippen LogP contribution in [0, 0.1) is 46.8 Å². The number of hydrogen-bond donors (Lipinski definition) is 0. The Hall–Kier alpha value is -3.07. The maximum atomic E-state index is 13.3. The van der Waals surface area contributed by atoms with Crippen LogP contribution in [-0.2, 0) is 0 Å². The summed E-state index contributed by atoms with van der Waals surface area (Å²) in [4.78, 5) is 24.8. The molecule has 2 bridgehead atoms. The number of aromatic nitrogens is 1. The molecule has 6 atom stereocenters. The van der Waals surface area contributed by atoms with E-state index >= 15 is 0 Å². The molecule has 0 N–H and O–H groups in total. The van der Waals surface area contributed by atoms with Gasteiger partial charge in [-0.1, -0.05) is 0 Å². The number of fused-ring (bicyclic) bond motifs is 1. The van der Waals surface area contributed by atoms with Gasteiger partial charge >= 0.3 is 0 Å². The third-order valence-corrected chi connectivity index (χ3v) is 9.58. The summed E-state index contributed by atoms with van der Waals surface area (Å²) in [5.74, 6) is 6.40. The molecule has 1 aromatic carbocycles. The minimum Gasteiger partial charge on any atom is -0.368 e. The highest BCUT2D eigenvalue weighted by Gasteiger charge is 2.63. The maximum Gasteiger partial charge on any atom is 0.255 e. The highest BCUT2D eigenvalue weighted by Crippen LogP contribution is 2.67. The van der Waals surface area contributed by atoms with E-state index in [1.165, 1.54) is 19.3 Å². The second-order valence-corrected chi connectivity index (χ2v) is 11.0. The van der Waals surface area contributed by atoms with Crippen LogP contribution in [0.3, 0.4) is 0 Å². The van der Waals surface area contributed by atoms with Crippen LogP contribution in [0.1, 0.15) is 35.2 Å². The van der Waals surface area contributed by atoms with E-state index in [0.717, 1.165) is 91.8 Å². The normalized spacial score (nSPS) is 33.3. The van der Waals surface area contributed by atoms with Gasteiger partial charge in [0, 0.05) is 51.2 Å². The zero-order chi connectivity index (χ0) is 22.8. The second-order valence-electron chi connectivity index (χ2n) is 11.0. The van der Waals surface area contributed by atoms with E-state index in [1.54, 1.807) is 6.20 Å². The topological polar surface area (TPSA) is 63.5 Å². The number of rotatable bonds is 3. The van der Waals surface area contributed by atoms with Crippen LogP contribution in [0.15, 0.2) is 42.6 Å². The number of nitrogens with zero attached hydrogens (tertiary/aromatic N) is 5. The van der Waals surface area contributed by atoms with Gasteiger partial charge in [0.25, 0.3) is 5.91 Å². The molecule has 6 aliphatic rings. The lowest BCUT2D eigenvalue weighted by molar-refractivity contribution is 0.0464. The smallest absolute Gasteiger partial charge is 0.255 e. The van der Waals surface area contributed by atoms with Crippen molar-refractivity contribution in [1.29, 1.82) is 5.26 Å². The fraction of sp³-hybridized carbons (Fsp3) is 0.536. The molecule has 6 unspecified atom stereocenters. The van der Waals surface area contributed by atoms with Crippen molar-refractivity contribution >= 4 is 17.4 Å². The first-order chi connectivity index (χ1) is 16.7. The van der Waals surface area contributed by atoms with Gasteiger partial charge in [0.1, 0.15) is 5.82 Å². The quantitative estimate of drug-likeness (QED) is 0.710. The highest BCUT2D eigenvalue weighted by atomic mass is 16.2. The van der Waals surface area contributed by atoms with Gasteiger partial charge in [-0.15, -0.1) is 0 Å². The molecule has 0 radical (unpaired) electrons. The predicted octanol–water partition coefficient (Wildman–Crippen LogP) is 3.64. The zero-order valence-electron chi connectivity index (χ0n) is 19.5. The number of benzene rings is 1. The standard InChI is InChI=1S/C28H31N5O/c29-14-18-1-4-20(5-2-18)31-9-11-32(12-10-31)27-8-3-19(15-30-27)28(34)33-16-25-21-6-7-22(26(25)17-33)24-13-23(21)24/h1-5,8,15,21-26H,6-7,9-13,16-17H2. The number of piperazine rings is 1. The Morgan fingerprint density at radius 3 is 2.06 bits per heavy atom. The first kappa shape index (κ1) is 20.3. The van der Waals surface area contributed by atoms with E-state index in [4.69, 9.17) is 10.2 Å². The van der Waals surface area contributed by atoms with Gasteiger partial charge < -0.3 is 14.7 Å². The lowest BCUT2D eigenvalue weighted by Gasteiger charge is -2.44. The van der Waals surface area contributed by atoms with Gasteiger partial charge in [-0.25, -0.2) is 4.98 Å². The van der Waals surface area contributed by atoms with Crippen molar-refractivity contribution in [2.45, 2.75) is 19.3 Å². The molecule has 1 amide bonds. The third kappa shape index (κ3) is 3.20. The molecule has 4 saturated carbocycles. The number of pyridine rings is 1. The summed E-state index contributed by atoms with van der Waals surface area (Å²) in [6.45, 7) is 5.53. The SMILES string of the molecule is N#Cc1ccc(N2CCN(c3ccc(C(=O)N4CC5C6CCC(C7CC67)C5C4)cn3)CC2)cc1. The number of likely N-dealkylation sites (tertiary alicyclic amines) is 1. The Balaban J connectivity index is 0.979. The van der Waals surface area contributed by atoms with Gasteiger partial charge in [0.05, 0.1) is 17.2 Å². The summed E-state index contributed by atoms with van der Waals surface area (Å²) >= 11 is 0. The van der Waals surface area contributed by atoms with Crippen molar-refractivity contribution in [2.24, 2.45) is 35.5 Å². The number of anilines is 2. The van der Waals surface area contributed by atoms with Gasteiger partial charge in [-0.2, -0.15) is 5.26 Å². The summed E-state index contributed by atoms with van der Waals surface area (Å²) in [6, 6.07) is 14.0. The summed E-state index contributed by atoms with van der Waals surface area (Å²) < 4.78 is 0. The Bertz CT molecular complexity index is 1110. The molecular weight excluding hydrogens is 422 g/mol. The van der Waals surface area contributed by atoms with Crippen LogP contribution < -0.4 is 9.80 Å². The molecule has 3 heterocycles. The molecule has 34 heavy (non-hydrogen) atoms. The van der Waals surface area contributed by atoms with Crippen LogP contribution >= 0.6 is 0 Å². The van der Waals surface area contributed by atoms with Gasteiger partial charge in [-0.05, 0) is 91.2 Å². The average Bonchev–Trinajstić information content (AvgIpc) is 3.60. The fourth-order valence-electron chi connectivity index (χ4n) is 7.85. The van der Waals surface area contributed by atoms with E-state index in [1.807, 2.05) is 36.4 Å². The van der Waals surface area contributed by atoms with Crippen LogP contribution in [0.2, 0.25) is 0 Å². The molecule has 174 valence electrons. The van der Waals surface area contributed by atoms with E-state index in [0.29, 0.717) is 5.56 Å². The first-order valence-corrected chi connectivity index (χ1v) is 12.9. The minimum atomic E-state index is 0.173. The van der Waals surface area contributed by atoms with E-state index in [2.05, 4.69) is 20.8 Å². The van der Waals surface area contributed by atoms with E-state index in [-0.39, 0.29) is 5.91 Å². The number of hydrogen-bond acceptors (Lipinski definition) is 5. The van der Waals surface area contributed by atoms with E-state index in [9.17, 15) is 4.79 Å². The second kappa shape index (κ2) is 7.73. The fourth-order valence-corrected chi connectivity index (χ4v) is 7.85. The number of carbonyl (C=O) groups is 1.